The highest BCUT2D eigenvalue weighted by Gasteiger charge is 2.42. The summed E-state index contributed by atoms with van der Waals surface area (Å²) in [7, 11) is 1.90. The minimum Gasteiger partial charge on any atom is -1.00 e. The van der Waals surface area contributed by atoms with Crippen molar-refractivity contribution in [2.45, 2.75) is 23.4 Å². The van der Waals surface area contributed by atoms with E-state index in [2.05, 4.69) is 37.8 Å². The molecule has 2 heterocycles. The lowest BCUT2D eigenvalue weighted by molar-refractivity contribution is -0.716. The second-order valence-corrected chi connectivity index (χ2v) is 7.44. The number of nitrogens with zero attached hydrogens (tertiary/aromatic N) is 3. The third kappa shape index (κ3) is 3.23. The Morgan fingerprint density at radius 2 is 2.18 bits per heavy atom. The van der Waals surface area contributed by atoms with Crippen LogP contribution in [0.2, 0.25) is 0 Å². The number of thioether (sulfide) groups is 1. The van der Waals surface area contributed by atoms with Gasteiger partial charge in [-0.1, -0.05) is 45.9 Å². The second kappa shape index (κ2) is 6.72. The van der Waals surface area contributed by atoms with Crippen LogP contribution in [0.25, 0.3) is 0 Å². The summed E-state index contributed by atoms with van der Waals surface area (Å²) in [6.45, 7) is 3.01. The maximum absolute atomic E-state index is 12.3. The molecule has 0 aliphatic carbocycles. The van der Waals surface area contributed by atoms with Gasteiger partial charge in [0.25, 0.3) is 11.1 Å². The van der Waals surface area contributed by atoms with Gasteiger partial charge < -0.3 is 17.0 Å². The first-order valence-electron chi connectivity index (χ1n) is 6.61. The van der Waals surface area contributed by atoms with Crippen molar-refractivity contribution in [3.05, 3.63) is 35.9 Å². The van der Waals surface area contributed by atoms with Crippen molar-refractivity contribution in [3.63, 3.8) is 0 Å². The summed E-state index contributed by atoms with van der Waals surface area (Å²) in [5.74, 6) is 0.458. The molecule has 1 aromatic carbocycles. The molecule has 0 fully saturated rings. The van der Waals surface area contributed by atoms with Crippen LogP contribution in [0.3, 0.4) is 0 Å². The summed E-state index contributed by atoms with van der Waals surface area (Å²) in [4.78, 5) is 12.3. The molecule has 0 radical (unpaired) electrons. The van der Waals surface area contributed by atoms with Crippen molar-refractivity contribution in [2.75, 3.05) is 10.6 Å². The standard InChI is InChI=1S/C14H15BrN4OS.BrH/c1-14(8-15)9-19-12(17-18(2)13(19)21-14)16-11(20)10-6-4-3-5-7-10;/h3-7H,8-9H2,1-2H3;1H. The Kier molecular flexibility index (Phi) is 5.34. The van der Waals surface area contributed by atoms with Crippen molar-refractivity contribution < 1.29 is 26.3 Å². The molecule has 1 unspecified atom stereocenters. The third-order valence-electron chi connectivity index (χ3n) is 3.38. The molecule has 8 heteroatoms. The lowest BCUT2D eigenvalue weighted by Crippen LogP contribution is -3.00. The summed E-state index contributed by atoms with van der Waals surface area (Å²) in [5, 5.41) is 9.26. The Labute approximate surface area is 152 Å². The first-order valence-corrected chi connectivity index (χ1v) is 8.54. The fourth-order valence-corrected chi connectivity index (χ4v) is 3.92. The number of amides is 1. The van der Waals surface area contributed by atoms with Gasteiger partial charge in [-0.3, -0.25) is 4.79 Å². The number of benzene rings is 1. The molecule has 0 saturated heterocycles. The third-order valence-corrected chi connectivity index (χ3v) is 6.42. The minimum absolute atomic E-state index is 0. The molecule has 0 bridgehead atoms. The van der Waals surface area contributed by atoms with Crippen LogP contribution >= 0.6 is 27.7 Å². The molecule has 1 aromatic heterocycles. The Bertz CT molecular complexity index is 692. The molecule has 22 heavy (non-hydrogen) atoms. The number of rotatable bonds is 3. The number of hydrogen-bond donors (Lipinski definition) is 1. The van der Waals surface area contributed by atoms with Gasteiger partial charge >= 0.3 is 5.95 Å². The van der Waals surface area contributed by atoms with E-state index < -0.39 is 0 Å². The molecule has 1 aliphatic heterocycles. The molecule has 1 atom stereocenters. The van der Waals surface area contributed by atoms with Gasteiger partial charge in [0.2, 0.25) is 0 Å². The molecule has 0 spiro atoms. The number of carbonyl (C=O) groups excluding carboxylic acids is 1. The molecular weight excluding hydrogens is 432 g/mol. The zero-order valence-electron chi connectivity index (χ0n) is 12.2. The number of halogens is 2. The van der Waals surface area contributed by atoms with Gasteiger partial charge in [-0.15, -0.1) is 4.68 Å². The summed E-state index contributed by atoms with van der Waals surface area (Å²) in [5.41, 5.74) is 0.631. The van der Waals surface area contributed by atoms with Gasteiger partial charge in [0, 0.05) is 10.4 Å². The van der Waals surface area contributed by atoms with Crippen molar-refractivity contribution >= 4 is 39.5 Å². The van der Waals surface area contributed by atoms with Crippen LogP contribution in [0.4, 0.5) is 5.95 Å². The second-order valence-electron chi connectivity index (χ2n) is 5.32. The van der Waals surface area contributed by atoms with E-state index in [0.29, 0.717) is 11.5 Å². The smallest absolute Gasteiger partial charge is 0.385 e. The van der Waals surface area contributed by atoms with Gasteiger partial charge in [-0.25, -0.2) is 9.88 Å². The van der Waals surface area contributed by atoms with Crippen molar-refractivity contribution in [2.24, 2.45) is 7.05 Å². The number of hydrogen-bond acceptors (Lipinski definition) is 3. The molecule has 3 rings (SSSR count). The fourth-order valence-electron chi connectivity index (χ4n) is 2.28. The van der Waals surface area contributed by atoms with Crippen LogP contribution in [0, 0.1) is 0 Å². The van der Waals surface area contributed by atoms with Gasteiger partial charge in [-0.05, 0) is 19.1 Å². The first-order chi connectivity index (χ1) is 10.0. The average Bonchev–Trinajstić information content (AvgIpc) is 2.98. The van der Waals surface area contributed by atoms with E-state index >= 15 is 0 Å². The van der Waals surface area contributed by atoms with Gasteiger partial charge in [-0.2, -0.15) is 0 Å². The fraction of sp³-hybridized carbons (Fsp3) is 0.357. The van der Waals surface area contributed by atoms with E-state index in [9.17, 15) is 4.79 Å². The number of aryl methyl sites for hydroxylation is 1. The highest BCUT2D eigenvalue weighted by Crippen LogP contribution is 2.38. The van der Waals surface area contributed by atoms with Crippen LogP contribution in [-0.4, -0.2) is 25.8 Å². The van der Waals surface area contributed by atoms with E-state index in [1.54, 1.807) is 23.9 Å². The van der Waals surface area contributed by atoms with Crippen molar-refractivity contribution in [1.29, 1.82) is 0 Å². The number of anilines is 1. The lowest BCUT2D eigenvalue weighted by Gasteiger charge is -2.15. The molecule has 1 aliphatic rings. The zero-order chi connectivity index (χ0) is 15.0. The molecule has 118 valence electrons. The Morgan fingerprint density at radius 1 is 1.50 bits per heavy atom. The van der Waals surface area contributed by atoms with Crippen LogP contribution in [-0.2, 0) is 13.6 Å². The topological polar surface area (TPSA) is 50.8 Å². The SMILES string of the molecule is Cn1nc(NC(=O)c2ccccc2)[n+]2c1SC(C)(CBr)C2.[Br-]. The summed E-state index contributed by atoms with van der Waals surface area (Å²) in [6.07, 6.45) is 0. The van der Waals surface area contributed by atoms with Gasteiger partial charge in [0.15, 0.2) is 0 Å². The van der Waals surface area contributed by atoms with Crippen molar-refractivity contribution in [1.82, 2.24) is 9.78 Å². The largest absolute Gasteiger partial charge is 1.00 e. The molecule has 5 nitrogen and oxygen atoms in total. The number of aromatic nitrogens is 3. The summed E-state index contributed by atoms with van der Waals surface area (Å²) in [6, 6.07) is 9.18. The Balaban J connectivity index is 0.00000176. The quantitative estimate of drug-likeness (QED) is 0.496. The predicted octanol–water partition coefficient (Wildman–Crippen LogP) is -0.777. The first kappa shape index (κ1) is 17.5. The predicted molar refractivity (Wildman–Crippen MR) is 85.9 cm³/mol. The lowest BCUT2D eigenvalue weighted by atomic mass is 10.2. The molecule has 1 N–H and O–H groups in total. The number of nitrogens with one attached hydrogen (secondary N) is 1. The summed E-state index contributed by atoms with van der Waals surface area (Å²) < 4.78 is 3.97. The minimum atomic E-state index is -0.138. The highest BCUT2D eigenvalue weighted by atomic mass is 79.9. The molecule has 2 aromatic rings. The maximum Gasteiger partial charge on any atom is 0.385 e. The van der Waals surface area contributed by atoms with E-state index in [1.165, 1.54) is 0 Å². The molecule has 1 amide bonds. The van der Waals surface area contributed by atoms with E-state index in [0.717, 1.165) is 17.0 Å². The highest BCUT2D eigenvalue weighted by molar-refractivity contribution is 9.09. The number of carbonyl (C=O) groups is 1. The Morgan fingerprint density at radius 3 is 2.82 bits per heavy atom. The summed E-state index contributed by atoms with van der Waals surface area (Å²) >= 11 is 5.34. The van der Waals surface area contributed by atoms with Crippen molar-refractivity contribution in [3.8, 4) is 0 Å². The molecule has 0 saturated carbocycles. The zero-order valence-corrected chi connectivity index (χ0v) is 16.2. The van der Waals surface area contributed by atoms with Gasteiger partial charge in [0.05, 0.1) is 23.9 Å². The van der Waals surface area contributed by atoms with E-state index in [4.69, 9.17) is 0 Å². The van der Waals surface area contributed by atoms with E-state index in [1.807, 2.05) is 29.9 Å². The average molecular weight is 448 g/mol. The van der Waals surface area contributed by atoms with E-state index in [-0.39, 0.29) is 27.6 Å². The monoisotopic (exact) mass is 446 g/mol. The van der Waals surface area contributed by atoms with Gasteiger partial charge in [0.1, 0.15) is 0 Å². The normalized spacial score (nSPS) is 19.4. The van der Waals surface area contributed by atoms with Crippen LogP contribution in [0.15, 0.2) is 35.5 Å². The maximum atomic E-state index is 12.3. The molecular formula is C14H16Br2N4OS. The Hall–Kier alpha value is -0.860. The van der Waals surface area contributed by atoms with Crippen LogP contribution in [0.5, 0.6) is 0 Å². The van der Waals surface area contributed by atoms with Crippen LogP contribution < -0.4 is 26.9 Å². The van der Waals surface area contributed by atoms with Crippen LogP contribution in [0.1, 0.15) is 17.3 Å². The number of fused-ring (bicyclic) bond motifs is 1. The number of alkyl halides is 1.